The molecule has 9 heavy (non-hydrogen) atoms. The fourth-order valence-electron chi connectivity index (χ4n) is 0.321. The summed E-state index contributed by atoms with van der Waals surface area (Å²) in [4.78, 5) is 9.65. The van der Waals surface area contributed by atoms with Crippen molar-refractivity contribution in [3.8, 4) is 0 Å². The topological polar surface area (TPSA) is 40.1 Å². The van der Waals surface area contributed by atoms with Gasteiger partial charge >= 0.3 is 17.4 Å². The molecule has 0 N–H and O–H groups in total. The minimum atomic E-state index is -0.943. The van der Waals surface area contributed by atoms with Crippen molar-refractivity contribution < 1.29 is 39.7 Å². The average Bonchev–Trinajstić information content (AvgIpc) is 1.61. The Balaban J connectivity index is -0.000000180. The van der Waals surface area contributed by atoms with Gasteiger partial charge in [0.25, 0.3) is 0 Å². The average molecular weight is 189 g/mol. The molecule has 0 aromatic heterocycles. The summed E-state index contributed by atoms with van der Waals surface area (Å²) in [6.07, 6.45) is 1.87. The molecule has 0 heterocycles. The van der Waals surface area contributed by atoms with Gasteiger partial charge < -0.3 is 22.3 Å². The summed E-state index contributed by atoms with van der Waals surface area (Å²) in [6, 6.07) is 0. The smallest absolute Gasteiger partial charge is 1.00 e. The minimum Gasteiger partial charge on any atom is -1.00 e. The maximum Gasteiger partial charge on any atom is 2.00 e. The maximum atomic E-state index is 9.65. The Hall–Kier alpha value is 0.292. The Morgan fingerprint density at radius 2 is 2.00 bits per heavy atom. The van der Waals surface area contributed by atoms with Gasteiger partial charge in [0, 0.05) is 5.97 Å². The minimum absolute atomic E-state index is 0. The zero-order chi connectivity index (χ0) is 5.70. The Kier molecular flexibility index (Phi) is 20.0. The van der Waals surface area contributed by atoms with Crippen LogP contribution in [-0.2, 0) is 22.2 Å². The second kappa shape index (κ2) is 11.1. The van der Waals surface area contributed by atoms with Crippen molar-refractivity contribution in [3.63, 3.8) is 0 Å². The van der Waals surface area contributed by atoms with Gasteiger partial charge in [-0.1, -0.05) is 13.3 Å². The first-order valence-corrected chi connectivity index (χ1v) is 2.47. The first-order chi connectivity index (χ1) is 3.27. The SMILES string of the molecule is CCCCC(=O)[O-].[Cl-].[Cr+2]. The van der Waals surface area contributed by atoms with Crippen LogP contribution >= 0.6 is 0 Å². The van der Waals surface area contributed by atoms with E-state index >= 15 is 0 Å². The Morgan fingerprint density at radius 1 is 1.56 bits per heavy atom. The number of carboxylic acids is 1. The van der Waals surface area contributed by atoms with Gasteiger partial charge in [-0.05, 0) is 12.8 Å². The molecule has 0 aliphatic heterocycles. The van der Waals surface area contributed by atoms with E-state index in [9.17, 15) is 9.90 Å². The van der Waals surface area contributed by atoms with Crippen LogP contribution in [0.3, 0.4) is 0 Å². The van der Waals surface area contributed by atoms with Gasteiger partial charge in [0.05, 0.1) is 0 Å². The van der Waals surface area contributed by atoms with Crippen LogP contribution in [0.4, 0.5) is 0 Å². The van der Waals surface area contributed by atoms with Crippen LogP contribution in [0.2, 0.25) is 0 Å². The summed E-state index contributed by atoms with van der Waals surface area (Å²) in [7, 11) is 0. The number of carboxylic acid groups (broad SMARTS) is 1. The Labute approximate surface area is 72.2 Å². The van der Waals surface area contributed by atoms with Crippen LogP contribution in [-0.4, -0.2) is 5.97 Å². The molecule has 0 spiro atoms. The Bertz CT molecular complexity index is 68.0. The van der Waals surface area contributed by atoms with Crippen LogP contribution in [0.1, 0.15) is 26.2 Å². The number of aliphatic carboxylic acids is 1. The van der Waals surface area contributed by atoms with Crippen molar-refractivity contribution in [1.82, 2.24) is 0 Å². The van der Waals surface area contributed by atoms with E-state index in [1.165, 1.54) is 0 Å². The molecular formula is C5H9ClCrO2. The van der Waals surface area contributed by atoms with Crippen LogP contribution in [0.5, 0.6) is 0 Å². The number of unbranched alkanes of at least 4 members (excludes halogenated alkanes) is 1. The van der Waals surface area contributed by atoms with E-state index in [1.54, 1.807) is 0 Å². The van der Waals surface area contributed by atoms with Crippen molar-refractivity contribution in [2.75, 3.05) is 0 Å². The summed E-state index contributed by atoms with van der Waals surface area (Å²) in [5.74, 6) is -0.943. The van der Waals surface area contributed by atoms with Gasteiger partial charge in [-0.2, -0.15) is 0 Å². The van der Waals surface area contributed by atoms with Crippen molar-refractivity contribution in [2.45, 2.75) is 26.2 Å². The molecule has 0 atom stereocenters. The molecule has 54 valence electrons. The fraction of sp³-hybridized carbons (Fsp3) is 0.800. The van der Waals surface area contributed by atoms with Crippen molar-refractivity contribution in [3.05, 3.63) is 0 Å². The molecule has 0 saturated carbocycles. The van der Waals surface area contributed by atoms with Gasteiger partial charge in [0.15, 0.2) is 0 Å². The van der Waals surface area contributed by atoms with Gasteiger partial charge in [0.1, 0.15) is 0 Å². The number of carbonyl (C=O) groups excluding carboxylic acids is 1. The molecule has 0 fully saturated rings. The van der Waals surface area contributed by atoms with E-state index in [-0.39, 0.29) is 36.2 Å². The zero-order valence-corrected chi connectivity index (χ0v) is 7.25. The molecule has 0 rings (SSSR count). The summed E-state index contributed by atoms with van der Waals surface area (Å²) in [6.45, 7) is 1.95. The fourth-order valence-corrected chi connectivity index (χ4v) is 0.321. The standard InChI is InChI=1S/C5H10O2.ClH.Cr/c1-2-3-4-5(6)7;;/h2-4H2,1H3,(H,6,7);1H;/q;;+2/p-2. The summed E-state index contributed by atoms with van der Waals surface area (Å²) < 4.78 is 0. The number of halogens is 1. The van der Waals surface area contributed by atoms with E-state index < -0.39 is 5.97 Å². The van der Waals surface area contributed by atoms with Gasteiger partial charge in [0.2, 0.25) is 0 Å². The molecule has 0 bridgehead atoms. The van der Waals surface area contributed by atoms with Crippen molar-refractivity contribution in [2.24, 2.45) is 0 Å². The molecule has 0 aromatic rings. The molecule has 0 aliphatic carbocycles. The first kappa shape index (κ1) is 16.1. The molecule has 0 aliphatic rings. The normalized spacial score (nSPS) is 6.78. The number of hydrogen-bond donors (Lipinski definition) is 0. The molecule has 0 aromatic carbocycles. The van der Waals surface area contributed by atoms with E-state index in [0.717, 1.165) is 12.8 Å². The van der Waals surface area contributed by atoms with Crippen LogP contribution < -0.4 is 17.5 Å². The Morgan fingerprint density at radius 3 is 2.11 bits per heavy atom. The first-order valence-electron chi connectivity index (χ1n) is 2.47. The molecule has 2 nitrogen and oxygen atoms in total. The second-order valence-corrected chi connectivity index (χ2v) is 1.48. The third-order valence-corrected chi connectivity index (χ3v) is 0.734. The summed E-state index contributed by atoms with van der Waals surface area (Å²) in [5, 5.41) is 9.65. The molecule has 0 unspecified atom stereocenters. The van der Waals surface area contributed by atoms with Crippen molar-refractivity contribution >= 4 is 5.97 Å². The van der Waals surface area contributed by atoms with Gasteiger partial charge in [-0.3, -0.25) is 0 Å². The summed E-state index contributed by atoms with van der Waals surface area (Å²) in [5.41, 5.74) is 0. The molecule has 0 radical (unpaired) electrons. The van der Waals surface area contributed by atoms with E-state index in [0.29, 0.717) is 0 Å². The van der Waals surface area contributed by atoms with E-state index in [2.05, 4.69) is 0 Å². The van der Waals surface area contributed by atoms with Crippen LogP contribution in [0.25, 0.3) is 0 Å². The molecule has 4 heteroatoms. The van der Waals surface area contributed by atoms with Crippen LogP contribution in [0, 0.1) is 0 Å². The number of hydrogen-bond acceptors (Lipinski definition) is 2. The molecular weight excluding hydrogens is 180 g/mol. The van der Waals surface area contributed by atoms with Gasteiger partial charge in [-0.15, -0.1) is 0 Å². The largest absolute Gasteiger partial charge is 2.00 e. The van der Waals surface area contributed by atoms with E-state index in [1.807, 2.05) is 6.92 Å². The van der Waals surface area contributed by atoms with Crippen molar-refractivity contribution in [1.29, 1.82) is 0 Å². The number of rotatable bonds is 3. The quantitative estimate of drug-likeness (QED) is 0.472. The zero-order valence-electron chi connectivity index (χ0n) is 5.22. The summed E-state index contributed by atoms with van der Waals surface area (Å²) >= 11 is 0. The third kappa shape index (κ3) is 17.8. The predicted molar refractivity (Wildman–Crippen MR) is 24.5 cm³/mol. The third-order valence-electron chi connectivity index (χ3n) is 0.734. The monoisotopic (exact) mass is 188 g/mol. The predicted octanol–water partition coefficient (Wildman–Crippen LogP) is -3.07. The molecule has 0 saturated heterocycles. The van der Waals surface area contributed by atoms with Crippen LogP contribution in [0.15, 0.2) is 0 Å². The molecule has 0 amide bonds. The maximum absolute atomic E-state index is 9.65. The number of carbonyl (C=O) groups is 1. The van der Waals surface area contributed by atoms with Gasteiger partial charge in [-0.25, -0.2) is 0 Å². The van der Waals surface area contributed by atoms with E-state index in [4.69, 9.17) is 0 Å². The second-order valence-electron chi connectivity index (χ2n) is 1.48.